The Morgan fingerprint density at radius 2 is 1.76 bits per heavy atom. The van der Waals surface area contributed by atoms with Crippen molar-refractivity contribution in [2.24, 2.45) is 0 Å². The third-order valence-corrected chi connectivity index (χ3v) is 9.73. The monoisotopic (exact) mass is 602 g/mol. The molecule has 3 aromatic carbocycles. The smallest absolute Gasteiger partial charge is 0.318 e. The van der Waals surface area contributed by atoms with Crippen LogP contribution >= 0.6 is 0 Å². The van der Waals surface area contributed by atoms with Crippen LogP contribution in [0.3, 0.4) is 0 Å². The van der Waals surface area contributed by atoms with Gasteiger partial charge >= 0.3 is 11.9 Å². The molecule has 7 rings (SSSR count). The van der Waals surface area contributed by atoms with Gasteiger partial charge in [-0.25, -0.2) is 4.98 Å². The van der Waals surface area contributed by atoms with E-state index in [1.807, 2.05) is 75.4 Å². The van der Waals surface area contributed by atoms with Crippen molar-refractivity contribution in [3.8, 4) is 22.9 Å². The molecule has 2 aliphatic heterocycles. The quantitative estimate of drug-likeness (QED) is 0.157. The number of fused-ring (bicyclic) bond motifs is 6. The van der Waals surface area contributed by atoms with Gasteiger partial charge in [0.2, 0.25) is 0 Å². The minimum Gasteiger partial charge on any atom is -0.497 e. The molecule has 0 unspecified atom stereocenters. The fourth-order valence-electron chi connectivity index (χ4n) is 6.75. The number of cyclic esters (lactones) is 1. The van der Waals surface area contributed by atoms with Gasteiger partial charge in [-0.2, -0.15) is 0 Å². The van der Waals surface area contributed by atoms with Gasteiger partial charge in [0, 0.05) is 10.9 Å². The zero-order valence-corrected chi connectivity index (χ0v) is 26.0. The van der Waals surface area contributed by atoms with Crippen molar-refractivity contribution in [3.63, 3.8) is 0 Å². The van der Waals surface area contributed by atoms with E-state index < -0.39 is 11.3 Å². The molecule has 0 amide bonds. The minimum atomic E-state index is -0.883. The molecule has 45 heavy (non-hydrogen) atoms. The van der Waals surface area contributed by atoms with Crippen molar-refractivity contribution >= 4 is 33.6 Å². The summed E-state index contributed by atoms with van der Waals surface area (Å²) in [5.74, 6) is 0.0891. The number of nitrogens with zero attached hydrogens (tertiary/aromatic N) is 2. The van der Waals surface area contributed by atoms with Crippen molar-refractivity contribution in [2.75, 3.05) is 7.11 Å². The molecule has 4 heterocycles. The molecule has 0 saturated carbocycles. The number of hydrogen-bond donors (Lipinski definition) is 0. The first kappa shape index (κ1) is 28.8. The Morgan fingerprint density at radius 3 is 2.51 bits per heavy atom. The van der Waals surface area contributed by atoms with E-state index in [-0.39, 0.29) is 24.1 Å². The fourth-order valence-corrected chi connectivity index (χ4v) is 6.75. The Kier molecular flexibility index (Phi) is 6.76. The molecule has 0 radical (unpaired) electrons. The molecular weight excluding hydrogens is 568 g/mol. The fraction of sp³-hybridized carbons (Fsp3) is 0.297. The van der Waals surface area contributed by atoms with Crippen LogP contribution in [-0.2, 0) is 39.3 Å². The molecular formula is C37H34N2O6. The molecule has 0 fully saturated rings. The van der Waals surface area contributed by atoms with Gasteiger partial charge in [0.15, 0.2) is 0 Å². The second kappa shape index (κ2) is 10.6. The van der Waals surface area contributed by atoms with Gasteiger partial charge in [0.25, 0.3) is 5.56 Å². The summed E-state index contributed by atoms with van der Waals surface area (Å²) in [6.07, 6.45) is 1.23. The third-order valence-electron chi connectivity index (χ3n) is 9.73. The summed E-state index contributed by atoms with van der Waals surface area (Å²) in [6.45, 7) is 8.05. The second-order valence-corrected chi connectivity index (χ2v) is 12.1. The number of rotatable bonds is 6. The number of methoxy groups -OCH3 is 1. The number of aromatic nitrogens is 2. The molecule has 2 aliphatic rings. The second-order valence-electron chi connectivity index (χ2n) is 12.1. The maximum Gasteiger partial charge on any atom is 0.318 e. The number of benzene rings is 3. The highest BCUT2D eigenvalue weighted by Gasteiger charge is 2.43. The van der Waals surface area contributed by atoms with Crippen LogP contribution in [0.15, 0.2) is 65.5 Å². The van der Waals surface area contributed by atoms with Crippen LogP contribution in [0.25, 0.3) is 33.1 Å². The maximum absolute atomic E-state index is 13.7. The molecule has 0 bridgehead atoms. The normalized spacial score (nSPS) is 17.4. The number of carbonyl (C=O) groups is 2. The van der Waals surface area contributed by atoms with Gasteiger partial charge in [0.05, 0.1) is 47.5 Å². The van der Waals surface area contributed by atoms with Gasteiger partial charge in [-0.1, -0.05) is 38.1 Å². The Balaban J connectivity index is 1.23. The van der Waals surface area contributed by atoms with Gasteiger partial charge < -0.3 is 18.8 Å². The highest BCUT2D eigenvalue weighted by atomic mass is 16.5. The molecule has 2 atom stereocenters. The summed E-state index contributed by atoms with van der Waals surface area (Å²) in [7, 11) is 1.64. The van der Waals surface area contributed by atoms with Gasteiger partial charge in [0.1, 0.15) is 18.1 Å². The van der Waals surface area contributed by atoms with E-state index in [1.54, 1.807) is 17.7 Å². The average Bonchev–Trinajstić information content (AvgIpc) is 3.43. The summed E-state index contributed by atoms with van der Waals surface area (Å²) in [4.78, 5) is 44.8. The van der Waals surface area contributed by atoms with E-state index in [0.717, 1.165) is 61.1 Å². The van der Waals surface area contributed by atoms with Crippen molar-refractivity contribution in [1.82, 2.24) is 9.55 Å². The number of carbonyl (C=O) groups excluding carboxylic acids is 2. The Morgan fingerprint density at radius 1 is 1.00 bits per heavy atom. The van der Waals surface area contributed by atoms with E-state index in [2.05, 4.69) is 6.92 Å². The lowest BCUT2D eigenvalue weighted by atomic mass is 9.76. The van der Waals surface area contributed by atoms with E-state index in [9.17, 15) is 14.4 Å². The van der Waals surface area contributed by atoms with Crippen molar-refractivity contribution in [3.05, 3.63) is 98.8 Å². The topological polar surface area (TPSA) is 96.7 Å². The van der Waals surface area contributed by atoms with E-state index in [1.165, 1.54) is 0 Å². The van der Waals surface area contributed by atoms with E-state index in [4.69, 9.17) is 19.2 Å². The van der Waals surface area contributed by atoms with E-state index in [0.29, 0.717) is 30.7 Å². The average molecular weight is 603 g/mol. The molecule has 0 spiro atoms. The zero-order chi connectivity index (χ0) is 31.6. The molecule has 0 saturated heterocycles. The lowest BCUT2D eigenvalue weighted by molar-refractivity contribution is -0.153. The standard InChI is InChI=1S/C37H34N2O6/c1-6-26-27-16-25(45-35(41)20(3)21-8-9-23-15-24(43-5)11-10-22(23)14-21)12-13-31(27)38-33-28(26)18-39-32(33)17-30-29(34(39)40)19-44-36(42)37(30,4)7-2/h8-17,20H,6-7,18-19H2,1-5H3/t20-,37+/m0/s1. The third kappa shape index (κ3) is 4.42. The van der Waals surface area contributed by atoms with Crippen LogP contribution in [0, 0.1) is 0 Å². The number of aryl methyl sites for hydroxylation is 1. The molecule has 8 nitrogen and oxygen atoms in total. The summed E-state index contributed by atoms with van der Waals surface area (Å²) in [5.41, 5.74) is 5.35. The molecule has 0 N–H and O–H groups in total. The molecule has 228 valence electrons. The lowest BCUT2D eigenvalue weighted by Gasteiger charge is -2.33. The predicted octanol–water partition coefficient (Wildman–Crippen LogP) is 6.58. The van der Waals surface area contributed by atoms with Gasteiger partial charge in [-0.05, 0) is 90.6 Å². The number of pyridine rings is 2. The van der Waals surface area contributed by atoms with Crippen LogP contribution in [0.4, 0.5) is 0 Å². The first-order valence-corrected chi connectivity index (χ1v) is 15.4. The van der Waals surface area contributed by atoms with Gasteiger partial charge in [-0.3, -0.25) is 14.4 Å². The van der Waals surface area contributed by atoms with Crippen molar-refractivity contribution in [2.45, 2.75) is 65.0 Å². The number of esters is 2. The van der Waals surface area contributed by atoms with E-state index >= 15 is 0 Å². The summed E-state index contributed by atoms with van der Waals surface area (Å²) < 4.78 is 18.4. The highest BCUT2D eigenvalue weighted by molar-refractivity contribution is 5.91. The first-order chi connectivity index (χ1) is 21.7. The number of ether oxygens (including phenoxy) is 3. The van der Waals surface area contributed by atoms with Crippen LogP contribution in [0.2, 0.25) is 0 Å². The molecule has 2 aromatic heterocycles. The largest absolute Gasteiger partial charge is 0.497 e. The molecule has 8 heteroatoms. The predicted molar refractivity (Wildman–Crippen MR) is 172 cm³/mol. The van der Waals surface area contributed by atoms with Crippen LogP contribution < -0.4 is 15.0 Å². The minimum absolute atomic E-state index is 0.0175. The molecule has 0 aliphatic carbocycles. The van der Waals surface area contributed by atoms with Crippen LogP contribution in [-0.4, -0.2) is 28.6 Å². The zero-order valence-electron chi connectivity index (χ0n) is 26.0. The van der Waals surface area contributed by atoms with Gasteiger partial charge in [-0.15, -0.1) is 0 Å². The maximum atomic E-state index is 13.7. The van der Waals surface area contributed by atoms with Crippen LogP contribution in [0.1, 0.15) is 67.9 Å². The Bertz CT molecular complexity index is 2130. The number of hydrogen-bond acceptors (Lipinski definition) is 7. The SMILES string of the molecule is CCc1c2c(nc3ccc(OC(=O)[C@@H](C)c4ccc5cc(OC)ccc5c4)cc13)-c1cc3c(c(=O)n1C2)COC(=O)[C@]3(C)CC. The van der Waals surface area contributed by atoms with Crippen molar-refractivity contribution in [1.29, 1.82) is 0 Å². The summed E-state index contributed by atoms with van der Waals surface area (Å²) in [6, 6.07) is 19.2. The molecule has 5 aromatic rings. The van der Waals surface area contributed by atoms with Crippen LogP contribution in [0.5, 0.6) is 11.5 Å². The Labute approximate surface area is 260 Å². The summed E-state index contributed by atoms with van der Waals surface area (Å²) >= 11 is 0. The highest BCUT2D eigenvalue weighted by Crippen LogP contribution is 2.41. The lowest BCUT2D eigenvalue weighted by Crippen LogP contribution is -2.42. The Hall–Kier alpha value is -4.98. The van der Waals surface area contributed by atoms with Crippen molar-refractivity contribution < 1.29 is 23.8 Å². The summed E-state index contributed by atoms with van der Waals surface area (Å²) in [5, 5.41) is 2.94. The first-order valence-electron chi connectivity index (χ1n) is 15.4.